The maximum atomic E-state index is 14.9. The number of hydrogen-bond acceptors (Lipinski definition) is 8. The van der Waals surface area contributed by atoms with E-state index in [9.17, 15) is 19.2 Å². The molecule has 1 aliphatic rings. The first-order valence-electron chi connectivity index (χ1n) is 10.8. The molecule has 0 aliphatic carbocycles. The van der Waals surface area contributed by atoms with Crippen molar-refractivity contribution in [3.05, 3.63) is 82.6 Å². The van der Waals surface area contributed by atoms with E-state index in [-0.39, 0.29) is 40.0 Å². The average molecular weight is 480 g/mol. The van der Waals surface area contributed by atoms with Crippen LogP contribution < -0.4 is 15.4 Å². The highest BCUT2D eigenvalue weighted by Crippen LogP contribution is 2.43. The van der Waals surface area contributed by atoms with Crippen LogP contribution in [-0.2, 0) is 19.1 Å². The van der Waals surface area contributed by atoms with Gasteiger partial charge in [0.25, 0.3) is 0 Å². The van der Waals surface area contributed by atoms with E-state index in [1.807, 2.05) is 19.9 Å². The van der Waals surface area contributed by atoms with E-state index in [4.69, 9.17) is 19.9 Å². The largest absolute Gasteiger partial charge is 0.490 e. The number of methoxy groups -OCH3 is 2. The monoisotopic (exact) mass is 479 g/mol. The van der Waals surface area contributed by atoms with Gasteiger partial charge in [-0.2, -0.15) is 5.26 Å². The van der Waals surface area contributed by atoms with Crippen molar-refractivity contribution in [1.82, 2.24) is 0 Å². The summed E-state index contributed by atoms with van der Waals surface area (Å²) in [7, 11) is 2.30. The van der Waals surface area contributed by atoms with Gasteiger partial charge >= 0.3 is 11.9 Å². The Kier molecular flexibility index (Phi) is 7.76. The van der Waals surface area contributed by atoms with Crippen molar-refractivity contribution in [3.8, 4) is 11.8 Å². The molecule has 1 atom stereocenters. The second-order valence-corrected chi connectivity index (χ2v) is 8.15. The third-order valence-electron chi connectivity index (χ3n) is 5.36. The van der Waals surface area contributed by atoms with Crippen molar-refractivity contribution < 1.29 is 28.2 Å². The third-order valence-corrected chi connectivity index (χ3v) is 5.36. The summed E-state index contributed by atoms with van der Waals surface area (Å²) in [4.78, 5) is 27.2. The Balaban J connectivity index is 2.29. The molecule has 2 aromatic carbocycles. The second kappa shape index (κ2) is 10.7. The summed E-state index contributed by atoms with van der Waals surface area (Å²) in [6.45, 7) is 4.17. The fourth-order valence-corrected chi connectivity index (χ4v) is 3.78. The highest BCUT2D eigenvalue weighted by atomic mass is 19.1. The fraction of sp³-hybridized carbons (Fsp3) is 0.269. The molecule has 2 N–H and O–H groups in total. The first-order valence-corrected chi connectivity index (χ1v) is 10.8. The van der Waals surface area contributed by atoms with Crippen LogP contribution in [0.25, 0.3) is 0 Å². The van der Waals surface area contributed by atoms with Gasteiger partial charge in [-0.1, -0.05) is 44.2 Å². The summed E-state index contributed by atoms with van der Waals surface area (Å²) in [5, 5.41) is 10.0. The molecule has 1 unspecified atom stereocenters. The van der Waals surface area contributed by atoms with Crippen LogP contribution in [0.4, 0.5) is 10.1 Å². The van der Waals surface area contributed by atoms with E-state index >= 15 is 0 Å². The van der Waals surface area contributed by atoms with Gasteiger partial charge in [-0.25, -0.2) is 14.0 Å². The molecular weight excluding hydrogens is 453 g/mol. The number of nitrogens with zero attached hydrogens (tertiary/aromatic N) is 2. The molecule has 0 saturated heterocycles. The predicted octanol–water partition coefficient (Wildman–Crippen LogP) is 3.76. The number of benzene rings is 2. The Hall–Kier alpha value is -4.32. The van der Waals surface area contributed by atoms with Crippen LogP contribution in [-0.4, -0.2) is 32.8 Å². The molecule has 0 fully saturated rings. The zero-order valence-electron chi connectivity index (χ0n) is 19.9. The summed E-state index contributed by atoms with van der Waals surface area (Å²) in [6, 6.07) is 14.6. The lowest BCUT2D eigenvalue weighted by Gasteiger charge is -2.36. The van der Waals surface area contributed by atoms with Gasteiger partial charge in [0.2, 0.25) is 0 Å². The number of nitriles is 1. The van der Waals surface area contributed by atoms with Gasteiger partial charge in [-0.15, -0.1) is 0 Å². The number of halogens is 1. The van der Waals surface area contributed by atoms with Crippen molar-refractivity contribution in [2.24, 2.45) is 11.7 Å². The van der Waals surface area contributed by atoms with Crippen LogP contribution in [0.1, 0.15) is 25.3 Å². The smallest absolute Gasteiger partial charge is 0.355 e. The predicted molar refractivity (Wildman–Crippen MR) is 126 cm³/mol. The Labute approximate surface area is 203 Å². The van der Waals surface area contributed by atoms with Crippen molar-refractivity contribution in [2.45, 2.75) is 19.8 Å². The topological polar surface area (TPSA) is 115 Å². The molecule has 3 rings (SSSR count). The summed E-state index contributed by atoms with van der Waals surface area (Å²) in [6.07, 6.45) is 0. The normalized spacial score (nSPS) is 15.7. The van der Waals surface area contributed by atoms with Crippen LogP contribution in [0.15, 0.2) is 71.2 Å². The van der Waals surface area contributed by atoms with E-state index < -0.39 is 23.7 Å². The van der Waals surface area contributed by atoms with Crippen molar-refractivity contribution in [1.29, 1.82) is 5.26 Å². The number of anilines is 1. The Morgan fingerprint density at radius 3 is 2.31 bits per heavy atom. The number of ether oxygens (including phenoxy) is 3. The first kappa shape index (κ1) is 25.3. The summed E-state index contributed by atoms with van der Waals surface area (Å²) in [5.41, 5.74) is 6.59. The fourth-order valence-electron chi connectivity index (χ4n) is 3.78. The number of rotatable bonds is 7. The van der Waals surface area contributed by atoms with Crippen LogP contribution in [0.2, 0.25) is 0 Å². The molecule has 9 heteroatoms. The highest BCUT2D eigenvalue weighted by Gasteiger charge is 2.43. The molecule has 0 radical (unpaired) electrons. The van der Waals surface area contributed by atoms with E-state index in [0.29, 0.717) is 12.2 Å². The van der Waals surface area contributed by atoms with Gasteiger partial charge in [0.15, 0.2) is 11.6 Å². The zero-order valence-corrected chi connectivity index (χ0v) is 19.9. The van der Waals surface area contributed by atoms with Crippen molar-refractivity contribution in [3.63, 3.8) is 0 Å². The lowest BCUT2D eigenvalue weighted by Crippen LogP contribution is -2.40. The molecule has 1 heterocycles. The summed E-state index contributed by atoms with van der Waals surface area (Å²) < 4.78 is 30.4. The number of carbonyl (C=O) groups excluding carboxylic acids is 2. The molecule has 2 aromatic rings. The lowest BCUT2D eigenvalue weighted by molar-refractivity contribution is -0.139. The minimum absolute atomic E-state index is 0.00945. The average Bonchev–Trinajstić information content (AvgIpc) is 2.86. The van der Waals surface area contributed by atoms with Crippen LogP contribution in [0.5, 0.6) is 5.75 Å². The van der Waals surface area contributed by atoms with Gasteiger partial charge < -0.3 is 19.9 Å². The maximum Gasteiger partial charge on any atom is 0.355 e. The first-order chi connectivity index (χ1) is 16.7. The summed E-state index contributed by atoms with van der Waals surface area (Å²) in [5.74, 6) is -3.43. The van der Waals surface area contributed by atoms with Crippen molar-refractivity contribution in [2.75, 3.05) is 25.7 Å². The van der Waals surface area contributed by atoms with Gasteiger partial charge in [0, 0.05) is 6.07 Å². The molecular formula is C26H26FN3O5. The van der Waals surface area contributed by atoms with E-state index in [0.717, 1.165) is 25.2 Å². The molecule has 1 aliphatic heterocycles. The quantitative estimate of drug-likeness (QED) is 0.597. The van der Waals surface area contributed by atoms with Crippen LogP contribution >= 0.6 is 0 Å². The molecule has 182 valence electrons. The zero-order chi connectivity index (χ0) is 25.7. The molecule has 0 spiro atoms. The van der Waals surface area contributed by atoms with Gasteiger partial charge in [-0.3, -0.25) is 4.90 Å². The molecule has 0 aromatic heterocycles. The Morgan fingerprint density at radius 2 is 1.77 bits per heavy atom. The van der Waals surface area contributed by atoms with Gasteiger partial charge in [0.05, 0.1) is 49.6 Å². The van der Waals surface area contributed by atoms with E-state index in [1.54, 1.807) is 30.3 Å². The number of allylic oxidation sites excluding steroid dienone is 1. The molecule has 35 heavy (non-hydrogen) atoms. The van der Waals surface area contributed by atoms with Gasteiger partial charge in [0.1, 0.15) is 11.5 Å². The highest BCUT2D eigenvalue weighted by molar-refractivity contribution is 6.06. The third kappa shape index (κ3) is 4.96. The van der Waals surface area contributed by atoms with Crippen LogP contribution in [0, 0.1) is 23.1 Å². The second-order valence-electron chi connectivity index (χ2n) is 8.15. The van der Waals surface area contributed by atoms with Crippen molar-refractivity contribution >= 4 is 17.6 Å². The van der Waals surface area contributed by atoms with Gasteiger partial charge in [-0.05, 0) is 23.6 Å². The molecule has 0 saturated carbocycles. The lowest BCUT2D eigenvalue weighted by atomic mass is 9.81. The molecule has 0 amide bonds. The number of nitrogens with two attached hydrogens (primary N) is 1. The molecule has 0 bridgehead atoms. The number of carbonyl (C=O) groups is 2. The standard InChI is InChI=1S/C26H26FN3O5/c1-15(2)14-35-20-11-10-17(12-19(20)27)30-23(26(32)34-4)22(25(31)33-3)21(18(13-28)24(30)29)16-8-6-5-7-9-16/h5-12,15,21H,14,29H2,1-4H3. The number of hydrogen-bond donors (Lipinski definition) is 1. The minimum Gasteiger partial charge on any atom is -0.490 e. The van der Waals surface area contributed by atoms with E-state index in [2.05, 4.69) is 0 Å². The SMILES string of the molecule is COC(=O)C1=C(C(=O)OC)N(c2ccc(OCC(C)C)c(F)c2)C(N)=C(C#N)C1c1ccccc1. The Morgan fingerprint density at radius 1 is 1.11 bits per heavy atom. The van der Waals surface area contributed by atoms with E-state index in [1.165, 1.54) is 12.1 Å². The summed E-state index contributed by atoms with van der Waals surface area (Å²) >= 11 is 0. The molecule has 8 nitrogen and oxygen atoms in total. The maximum absolute atomic E-state index is 14.9. The Bertz CT molecular complexity index is 1230. The minimum atomic E-state index is -1.00. The van der Waals surface area contributed by atoms with Crippen LogP contribution in [0.3, 0.4) is 0 Å². The number of esters is 2.